The van der Waals surface area contributed by atoms with E-state index in [1.165, 1.54) is 0 Å². The Bertz CT molecular complexity index is 1040. The number of nitrogens with zero attached hydrogens (tertiary/aromatic N) is 6. The summed E-state index contributed by atoms with van der Waals surface area (Å²) in [5.74, 6) is 2.03. The Morgan fingerprint density at radius 1 is 1.20 bits per heavy atom. The molecule has 2 N–H and O–H groups in total. The van der Waals surface area contributed by atoms with Gasteiger partial charge in [-0.3, -0.25) is 0 Å². The van der Waals surface area contributed by atoms with Gasteiger partial charge in [-0.05, 0) is 51.8 Å². The number of fused-ring (bicyclic) bond motifs is 1. The molecule has 4 rings (SSSR count). The van der Waals surface area contributed by atoms with Crippen molar-refractivity contribution in [1.29, 1.82) is 0 Å². The Hall–Kier alpha value is -2.94. The second kappa shape index (κ2) is 7.39. The number of anilines is 2. The van der Waals surface area contributed by atoms with Crippen molar-refractivity contribution < 1.29 is 9.84 Å². The molecule has 1 fully saturated rings. The van der Waals surface area contributed by atoms with Gasteiger partial charge < -0.3 is 20.1 Å². The lowest BCUT2D eigenvalue weighted by Gasteiger charge is -2.23. The molecule has 1 atom stereocenters. The molecule has 0 unspecified atom stereocenters. The number of benzene rings is 1. The molecule has 160 valence electrons. The molecule has 1 aromatic carbocycles. The molecule has 0 spiro atoms. The minimum absolute atomic E-state index is 0.199. The summed E-state index contributed by atoms with van der Waals surface area (Å²) in [4.78, 5) is 11.5. The van der Waals surface area contributed by atoms with Crippen molar-refractivity contribution in [3.8, 4) is 5.75 Å². The molecule has 1 saturated heterocycles. The van der Waals surface area contributed by atoms with Crippen LogP contribution in [0.3, 0.4) is 0 Å². The van der Waals surface area contributed by atoms with Gasteiger partial charge in [0.05, 0.1) is 19.3 Å². The number of aliphatic hydroxyl groups is 1. The highest BCUT2D eigenvalue weighted by atomic mass is 16.5. The first-order valence-electron chi connectivity index (χ1n) is 10.1. The van der Waals surface area contributed by atoms with E-state index >= 15 is 0 Å². The SMILES string of the molecule is COc1ccc(Cn2nnc3c(N4CC[C@@](C)(O)C4)nc(NC(C)(C)C)nc32)cc1. The van der Waals surface area contributed by atoms with Crippen LogP contribution in [0.5, 0.6) is 5.75 Å². The summed E-state index contributed by atoms with van der Waals surface area (Å²) < 4.78 is 7.02. The third-order valence-corrected chi connectivity index (χ3v) is 5.07. The van der Waals surface area contributed by atoms with Crippen LogP contribution >= 0.6 is 0 Å². The van der Waals surface area contributed by atoms with Crippen LogP contribution in [-0.2, 0) is 6.54 Å². The zero-order valence-corrected chi connectivity index (χ0v) is 18.2. The second-order valence-electron chi connectivity index (χ2n) is 9.18. The summed E-state index contributed by atoms with van der Waals surface area (Å²) in [7, 11) is 1.65. The van der Waals surface area contributed by atoms with Crippen LogP contribution in [0.15, 0.2) is 24.3 Å². The zero-order valence-electron chi connectivity index (χ0n) is 18.2. The molecular weight excluding hydrogens is 382 g/mol. The van der Waals surface area contributed by atoms with E-state index in [-0.39, 0.29) is 5.54 Å². The van der Waals surface area contributed by atoms with E-state index in [0.29, 0.717) is 49.0 Å². The van der Waals surface area contributed by atoms with Gasteiger partial charge in [0.1, 0.15) is 5.75 Å². The normalized spacial score (nSPS) is 19.5. The molecule has 3 heterocycles. The molecule has 0 bridgehead atoms. The lowest BCUT2D eigenvalue weighted by molar-refractivity contribution is 0.0839. The number of ether oxygens (including phenoxy) is 1. The van der Waals surface area contributed by atoms with Crippen molar-refractivity contribution in [2.45, 2.75) is 51.8 Å². The van der Waals surface area contributed by atoms with E-state index in [9.17, 15) is 5.11 Å². The van der Waals surface area contributed by atoms with Gasteiger partial charge in [-0.1, -0.05) is 17.3 Å². The van der Waals surface area contributed by atoms with Crippen LogP contribution in [0, 0.1) is 0 Å². The summed E-state index contributed by atoms with van der Waals surface area (Å²) in [6, 6.07) is 7.85. The van der Waals surface area contributed by atoms with Crippen LogP contribution in [0.1, 0.15) is 39.7 Å². The highest BCUT2D eigenvalue weighted by Gasteiger charge is 2.34. The van der Waals surface area contributed by atoms with Crippen molar-refractivity contribution >= 4 is 22.9 Å². The number of aromatic nitrogens is 5. The monoisotopic (exact) mass is 411 g/mol. The van der Waals surface area contributed by atoms with Gasteiger partial charge in [0.2, 0.25) is 5.95 Å². The van der Waals surface area contributed by atoms with Crippen LogP contribution in [0.2, 0.25) is 0 Å². The first-order valence-corrected chi connectivity index (χ1v) is 10.1. The van der Waals surface area contributed by atoms with Gasteiger partial charge in [0.15, 0.2) is 17.0 Å². The van der Waals surface area contributed by atoms with Crippen LogP contribution in [0.25, 0.3) is 11.2 Å². The number of methoxy groups -OCH3 is 1. The highest BCUT2D eigenvalue weighted by Crippen LogP contribution is 2.31. The maximum absolute atomic E-state index is 10.4. The Morgan fingerprint density at radius 3 is 2.53 bits per heavy atom. The molecule has 1 aliphatic rings. The van der Waals surface area contributed by atoms with E-state index in [4.69, 9.17) is 14.7 Å². The summed E-state index contributed by atoms with van der Waals surface area (Å²) in [5.41, 5.74) is 1.43. The van der Waals surface area contributed by atoms with Gasteiger partial charge in [0, 0.05) is 18.6 Å². The maximum Gasteiger partial charge on any atom is 0.227 e. The Labute approximate surface area is 176 Å². The molecule has 9 nitrogen and oxygen atoms in total. The average molecular weight is 412 g/mol. The van der Waals surface area contributed by atoms with E-state index in [1.54, 1.807) is 11.8 Å². The topological polar surface area (TPSA) is 101 Å². The summed E-state index contributed by atoms with van der Waals surface area (Å²) in [6.45, 7) is 9.78. The van der Waals surface area contributed by atoms with E-state index in [2.05, 4.69) is 41.3 Å². The molecule has 0 aliphatic carbocycles. The fourth-order valence-corrected chi connectivity index (χ4v) is 3.59. The molecule has 1 aliphatic heterocycles. The fraction of sp³-hybridized carbons (Fsp3) is 0.524. The highest BCUT2D eigenvalue weighted by molar-refractivity contribution is 5.84. The predicted molar refractivity (Wildman–Crippen MR) is 116 cm³/mol. The van der Waals surface area contributed by atoms with Crippen molar-refractivity contribution in [2.24, 2.45) is 0 Å². The standard InChI is InChI=1S/C21H29N7O2/c1-20(2,3)24-19-22-17(27-11-10-21(4,29)13-27)16-18(23-19)28(26-25-16)12-14-6-8-15(30-5)9-7-14/h6-9,29H,10-13H2,1-5H3,(H,22,23,24)/t21-/m1/s1. The quantitative estimate of drug-likeness (QED) is 0.660. The number of hydrogen-bond donors (Lipinski definition) is 2. The van der Waals surface area contributed by atoms with Crippen molar-refractivity contribution in [1.82, 2.24) is 25.0 Å². The molecule has 0 radical (unpaired) electrons. The molecule has 30 heavy (non-hydrogen) atoms. The number of hydrogen-bond acceptors (Lipinski definition) is 8. The van der Waals surface area contributed by atoms with Gasteiger partial charge in [-0.2, -0.15) is 9.97 Å². The second-order valence-corrected chi connectivity index (χ2v) is 9.18. The lowest BCUT2D eigenvalue weighted by Crippen LogP contribution is -2.31. The fourth-order valence-electron chi connectivity index (χ4n) is 3.59. The van der Waals surface area contributed by atoms with Gasteiger partial charge in [-0.15, -0.1) is 5.10 Å². The lowest BCUT2D eigenvalue weighted by atomic mass is 10.1. The zero-order chi connectivity index (χ0) is 21.5. The third-order valence-electron chi connectivity index (χ3n) is 5.07. The van der Waals surface area contributed by atoms with Crippen molar-refractivity contribution in [3.05, 3.63) is 29.8 Å². The van der Waals surface area contributed by atoms with Crippen LogP contribution in [-0.4, -0.2) is 61.4 Å². The number of nitrogens with one attached hydrogen (secondary N) is 1. The Balaban J connectivity index is 1.75. The summed E-state index contributed by atoms with van der Waals surface area (Å²) in [5, 5.41) is 22.5. The predicted octanol–water partition coefficient (Wildman–Crippen LogP) is 2.45. The Kier molecular flexibility index (Phi) is 5.01. The van der Waals surface area contributed by atoms with E-state index < -0.39 is 5.60 Å². The third kappa shape index (κ3) is 4.30. The molecule has 3 aromatic rings. The molecule has 2 aromatic heterocycles. The van der Waals surface area contributed by atoms with E-state index in [1.807, 2.05) is 31.2 Å². The smallest absolute Gasteiger partial charge is 0.227 e. The minimum Gasteiger partial charge on any atom is -0.497 e. The largest absolute Gasteiger partial charge is 0.497 e. The number of β-amino-alcohol motifs (C(OH)–C–C–N with tert-alkyl or cyclic N) is 1. The Morgan fingerprint density at radius 2 is 1.93 bits per heavy atom. The van der Waals surface area contributed by atoms with Crippen molar-refractivity contribution in [2.75, 3.05) is 30.4 Å². The molecule has 0 amide bonds. The first kappa shape index (κ1) is 20.3. The van der Waals surface area contributed by atoms with Crippen molar-refractivity contribution in [3.63, 3.8) is 0 Å². The van der Waals surface area contributed by atoms with Gasteiger partial charge >= 0.3 is 0 Å². The first-order chi connectivity index (χ1) is 14.1. The minimum atomic E-state index is -0.742. The van der Waals surface area contributed by atoms with Gasteiger partial charge in [-0.25, -0.2) is 4.68 Å². The summed E-state index contributed by atoms with van der Waals surface area (Å²) >= 11 is 0. The van der Waals surface area contributed by atoms with Gasteiger partial charge in [0.25, 0.3) is 0 Å². The van der Waals surface area contributed by atoms with Crippen LogP contribution < -0.4 is 15.0 Å². The average Bonchev–Trinajstić information content (AvgIpc) is 3.23. The maximum atomic E-state index is 10.4. The summed E-state index contributed by atoms with van der Waals surface area (Å²) in [6.07, 6.45) is 0.681. The molecule has 0 saturated carbocycles. The number of rotatable bonds is 5. The van der Waals surface area contributed by atoms with Crippen LogP contribution in [0.4, 0.5) is 11.8 Å². The molecule has 9 heteroatoms. The van der Waals surface area contributed by atoms with E-state index in [0.717, 1.165) is 11.3 Å². The molecular formula is C21H29N7O2.